The molecule has 0 radical (unpaired) electrons. The molecule has 0 aromatic heterocycles. The molecule has 1 fully saturated rings. The van der Waals surface area contributed by atoms with E-state index < -0.39 is 21.5 Å². The van der Waals surface area contributed by atoms with Crippen LogP contribution < -0.4 is 16.8 Å². The van der Waals surface area contributed by atoms with Crippen LogP contribution in [0.2, 0.25) is 0 Å². The number of carbonyl (C=O) groups excluding carboxylic acids is 1. The lowest BCUT2D eigenvalue weighted by Gasteiger charge is -2.35. The van der Waals surface area contributed by atoms with Gasteiger partial charge >= 0.3 is 0 Å². The van der Waals surface area contributed by atoms with Gasteiger partial charge in [0.25, 0.3) is 0 Å². The maximum Gasteiger partial charge on any atom is 0.237 e. The van der Waals surface area contributed by atoms with Crippen LogP contribution in [0.25, 0.3) is 6.08 Å². The first kappa shape index (κ1) is 19.4. The minimum Gasteiger partial charge on any atom is -0.388 e. The van der Waals surface area contributed by atoms with Crippen molar-refractivity contribution in [2.24, 2.45) is 11.5 Å². The van der Waals surface area contributed by atoms with Gasteiger partial charge in [-0.25, -0.2) is 8.42 Å². The molecule has 0 unspecified atom stereocenters. The number of anilines is 1. The van der Waals surface area contributed by atoms with E-state index in [1.54, 1.807) is 6.08 Å². The van der Waals surface area contributed by atoms with Crippen LogP contribution in [0.4, 0.5) is 5.69 Å². The summed E-state index contributed by atoms with van der Waals surface area (Å²) in [5.74, 6) is -0.587. The van der Waals surface area contributed by atoms with Gasteiger partial charge in [-0.15, -0.1) is 0 Å². The van der Waals surface area contributed by atoms with Crippen LogP contribution in [0.15, 0.2) is 17.5 Å². The number of nitrogens with two attached hydrogens (primary N) is 2. The van der Waals surface area contributed by atoms with Crippen LogP contribution in [-0.2, 0) is 14.8 Å². The Balaban J connectivity index is 2.17. The SMILES string of the molecule is CNc1cc(C)c(C=CS(=O)(=O)N2CCC(N)(C(N)=O)CC2)c(C)c1. The van der Waals surface area contributed by atoms with Gasteiger partial charge in [0.2, 0.25) is 15.9 Å². The van der Waals surface area contributed by atoms with E-state index in [0.29, 0.717) is 0 Å². The first-order valence-corrected chi connectivity index (χ1v) is 9.65. The zero-order valence-corrected chi connectivity index (χ0v) is 15.7. The van der Waals surface area contributed by atoms with Crippen molar-refractivity contribution in [2.45, 2.75) is 32.2 Å². The summed E-state index contributed by atoms with van der Waals surface area (Å²) in [4.78, 5) is 11.4. The maximum atomic E-state index is 12.6. The third kappa shape index (κ3) is 4.20. The van der Waals surface area contributed by atoms with E-state index in [-0.39, 0.29) is 25.9 Å². The number of benzene rings is 1. The third-order valence-corrected chi connectivity index (χ3v) is 6.32. The number of hydrogen-bond acceptors (Lipinski definition) is 5. The van der Waals surface area contributed by atoms with E-state index in [2.05, 4.69) is 5.32 Å². The summed E-state index contributed by atoms with van der Waals surface area (Å²) in [5, 5.41) is 4.29. The normalized spacial score (nSPS) is 18.4. The minimum absolute atomic E-state index is 0.183. The van der Waals surface area contributed by atoms with Crippen LogP contribution in [0.5, 0.6) is 0 Å². The lowest BCUT2D eigenvalue weighted by Crippen LogP contribution is -2.58. The zero-order valence-electron chi connectivity index (χ0n) is 14.9. The summed E-state index contributed by atoms with van der Waals surface area (Å²) >= 11 is 0. The van der Waals surface area contributed by atoms with Crippen molar-refractivity contribution in [2.75, 3.05) is 25.5 Å². The van der Waals surface area contributed by atoms with Crippen molar-refractivity contribution >= 4 is 27.7 Å². The van der Waals surface area contributed by atoms with Gasteiger partial charge in [-0.2, -0.15) is 4.31 Å². The van der Waals surface area contributed by atoms with Gasteiger partial charge in [0.15, 0.2) is 0 Å². The van der Waals surface area contributed by atoms with E-state index in [0.717, 1.165) is 22.4 Å². The van der Waals surface area contributed by atoms with Gasteiger partial charge < -0.3 is 16.8 Å². The Morgan fingerprint density at radius 3 is 2.20 bits per heavy atom. The predicted octanol–water partition coefficient (Wildman–Crippen LogP) is 0.924. The number of aryl methyl sites for hydroxylation is 2. The Labute approximate surface area is 149 Å². The molecule has 1 heterocycles. The van der Waals surface area contributed by atoms with Gasteiger partial charge in [0.05, 0.1) is 5.54 Å². The number of carbonyl (C=O) groups is 1. The van der Waals surface area contributed by atoms with Crippen molar-refractivity contribution in [3.8, 4) is 0 Å². The number of piperidine rings is 1. The molecule has 1 aliphatic heterocycles. The van der Waals surface area contributed by atoms with Crippen molar-refractivity contribution < 1.29 is 13.2 Å². The molecule has 1 aliphatic rings. The van der Waals surface area contributed by atoms with Gasteiger partial charge in [-0.3, -0.25) is 4.79 Å². The molecule has 1 saturated heterocycles. The average Bonchev–Trinajstić information content (AvgIpc) is 2.54. The fourth-order valence-electron chi connectivity index (χ4n) is 3.01. The highest BCUT2D eigenvalue weighted by Crippen LogP contribution is 2.24. The summed E-state index contributed by atoms with van der Waals surface area (Å²) in [5.41, 5.74) is 13.9. The van der Waals surface area contributed by atoms with Crippen LogP contribution in [0.3, 0.4) is 0 Å². The molecule has 2 rings (SSSR count). The second-order valence-corrected chi connectivity index (χ2v) is 8.36. The van der Waals surface area contributed by atoms with E-state index in [4.69, 9.17) is 11.5 Å². The summed E-state index contributed by atoms with van der Waals surface area (Å²) in [7, 11) is -1.74. The molecule has 1 amide bonds. The Morgan fingerprint density at radius 1 is 1.24 bits per heavy atom. The second kappa shape index (κ2) is 7.15. The molecule has 0 saturated carbocycles. The number of amides is 1. The van der Waals surface area contributed by atoms with E-state index in [9.17, 15) is 13.2 Å². The molecule has 5 N–H and O–H groups in total. The monoisotopic (exact) mass is 366 g/mol. The largest absolute Gasteiger partial charge is 0.388 e. The van der Waals surface area contributed by atoms with Gasteiger partial charge in [-0.1, -0.05) is 0 Å². The quantitative estimate of drug-likeness (QED) is 0.716. The Morgan fingerprint density at radius 2 is 1.76 bits per heavy atom. The molecule has 0 bridgehead atoms. The number of hydrogen-bond donors (Lipinski definition) is 3. The number of nitrogens with zero attached hydrogens (tertiary/aromatic N) is 1. The highest BCUT2D eigenvalue weighted by molar-refractivity contribution is 7.92. The maximum absolute atomic E-state index is 12.6. The highest BCUT2D eigenvalue weighted by Gasteiger charge is 2.38. The van der Waals surface area contributed by atoms with Gasteiger partial charge in [-0.05, 0) is 61.6 Å². The molecule has 8 heteroatoms. The zero-order chi connectivity index (χ0) is 18.8. The van der Waals surface area contributed by atoms with Gasteiger partial charge in [0, 0.05) is 31.2 Å². The molecule has 1 aromatic carbocycles. The molecule has 1 aromatic rings. The summed E-state index contributed by atoms with van der Waals surface area (Å²) < 4.78 is 26.4. The molecule has 7 nitrogen and oxygen atoms in total. The molecule has 0 atom stereocenters. The van der Waals surface area contributed by atoms with Crippen LogP contribution >= 0.6 is 0 Å². The lowest BCUT2D eigenvalue weighted by molar-refractivity contribution is -0.124. The molecular weight excluding hydrogens is 340 g/mol. The molecule has 25 heavy (non-hydrogen) atoms. The smallest absolute Gasteiger partial charge is 0.237 e. The van der Waals surface area contributed by atoms with Crippen molar-refractivity contribution in [3.63, 3.8) is 0 Å². The summed E-state index contributed by atoms with van der Waals surface area (Å²) in [6, 6.07) is 3.94. The predicted molar refractivity (Wildman–Crippen MR) is 100 cm³/mol. The van der Waals surface area contributed by atoms with E-state index in [1.165, 1.54) is 9.71 Å². The molecule has 0 spiro atoms. The number of rotatable bonds is 5. The molecular formula is C17H26N4O3S. The molecule has 0 aliphatic carbocycles. The number of primary amides is 1. The first-order valence-electron chi connectivity index (χ1n) is 8.15. The highest BCUT2D eigenvalue weighted by atomic mass is 32.2. The molecule has 138 valence electrons. The van der Waals surface area contributed by atoms with Crippen molar-refractivity contribution in [1.82, 2.24) is 4.31 Å². The van der Waals surface area contributed by atoms with Gasteiger partial charge in [0.1, 0.15) is 0 Å². The Kier molecular flexibility index (Phi) is 5.55. The Hall–Kier alpha value is -1.90. The number of sulfonamides is 1. The van der Waals surface area contributed by atoms with Crippen LogP contribution in [-0.4, -0.2) is 44.3 Å². The van der Waals surface area contributed by atoms with Crippen LogP contribution in [0.1, 0.15) is 29.5 Å². The average molecular weight is 366 g/mol. The first-order chi connectivity index (χ1) is 11.6. The van der Waals surface area contributed by atoms with Crippen LogP contribution in [0, 0.1) is 13.8 Å². The topological polar surface area (TPSA) is 119 Å². The fraction of sp³-hybridized carbons (Fsp3) is 0.471. The van der Waals surface area contributed by atoms with E-state index in [1.807, 2.05) is 33.0 Å². The van der Waals surface area contributed by atoms with Crippen molar-refractivity contribution in [1.29, 1.82) is 0 Å². The number of nitrogens with one attached hydrogen (secondary N) is 1. The summed E-state index contributed by atoms with van der Waals surface area (Å²) in [6.45, 7) is 4.25. The lowest BCUT2D eigenvalue weighted by atomic mass is 9.89. The standard InChI is InChI=1S/C17H26N4O3S/c1-12-10-14(20-3)11-13(2)15(12)4-9-25(23,24)21-7-5-17(19,6-8-21)16(18)22/h4,9-11,20H,5-8,19H2,1-3H3,(H2,18,22). The third-order valence-electron chi connectivity index (χ3n) is 4.75. The Bertz CT molecular complexity index is 771. The van der Waals surface area contributed by atoms with Crippen molar-refractivity contribution in [3.05, 3.63) is 34.2 Å². The fourth-order valence-corrected chi connectivity index (χ4v) is 4.18. The van der Waals surface area contributed by atoms with E-state index >= 15 is 0 Å². The minimum atomic E-state index is -3.58. The second-order valence-electron chi connectivity index (χ2n) is 6.54. The summed E-state index contributed by atoms with van der Waals surface area (Å²) in [6.07, 6.45) is 2.08.